The van der Waals surface area contributed by atoms with Crippen molar-refractivity contribution in [1.29, 1.82) is 0 Å². The van der Waals surface area contributed by atoms with Gasteiger partial charge >= 0.3 is 29.8 Å². The third kappa shape index (κ3) is 30.9. The van der Waals surface area contributed by atoms with Crippen molar-refractivity contribution in [3.63, 3.8) is 0 Å². The van der Waals surface area contributed by atoms with E-state index in [1.54, 1.807) is 0 Å². The van der Waals surface area contributed by atoms with Crippen LogP contribution in [0.3, 0.4) is 0 Å². The molecule has 0 spiro atoms. The average molecular weight is 603 g/mol. The molecular formula is C22H46N6O13. The fourth-order valence-electron chi connectivity index (χ4n) is 2.09. The summed E-state index contributed by atoms with van der Waals surface area (Å²) in [4.78, 5) is 59.6. The van der Waals surface area contributed by atoms with Crippen LogP contribution in [0.15, 0.2) is 0 Å². The van der Waals surface area contributed by atoms with Crippen LogP contribution < -0.4 is 34.0 Å². The van der Waals surface area contributed by atoms with E-state index in [1.165, 1.54) is 6.92 Å². The van der Waals surface area contributed by atoms with Crippen molar-refractivity contribution in [2.24, 2.45) is 34.6 Å². The lowest BCUT2D eigenvalue weighted by molar-refractivity contribution is -0.141. The molecule has 1 rings (SSSR count). The van der Waals surface area contributed by atoms with E-state index in [0.29, 0.717) is 12.3 Å². The van der Waals surface area contributed by atoms with E-state index in [1.807, 2.05) is 13.8 Å². The summed E-state index contributed by atoms with van der Waals surface area (Å²) in [5.74, 6) is -5.55. The fraction of sp³-hybridized carbons (Fsp3) is 0.727. The van der Waals surface area contributed by atoms with Gasteiger partial charge in [0.25, 0.3) is 0 Å². The first-order valence-electron chi connectivity index (χ1n) is 12.1. The molecule has 1 fully saturated rings. The van der Waals surface area contributed by atoms with Crippen LogP contribution >= 0.6 is 0 Å². The van der Waals surface area contributed by atoms with Gasteiger partial charge in [0.15, 0.2) is 0 Å². The van der Waals surface area contributed by atoms with Crippen LogP contribution in [0.25, 0.3) is 0 Å². The average Bonchev–Trinajstić information content (AvgIpc) is 3.39. The van der Waals surface area contributed by atoms with Crippen molar-refractivity contribution >= 4 is 35.8 Å². The molecule has 1 amide bonds. The third-order valence-electron chi connectivity index (χ3n) is 4.46. The van der Waals surface area contributed by atoms with Gasteiger partial charge in [-0.05, 0) is 38.6 Å². The van der Waals surface area contributed by atoms with Crippen molar-refractivity contribution < 1.29 is 64.5 Å². The number of carboxylic acids is 5. The molecular weight excluding hydrogens is 556 g/mol. The Kier molecular flexibility index (Phi) is 27.7. The lowest BCUT2D eigenvalue weighted by Gasteiger charge is -2.07. The van der Waals surface area contributed by atoms with E-state index in [-0.39, 0.29) is 12.5 Å². The van der Waals surface area contributed by atoms with Crippen LogP contribution in [0.1, 0.15) is 46.5 Å². The summed E-state index contributed by atoms with van der Waals surface area (Å²) in [5.41, 5.74) is 24.5. The Bertz CT molecular complexity index is 780. The highest BCUT2D eigenvalue weighted by atomic mass is 16.4. The van der Waals surface area contributed by atoms with Crippen molar-refractivity contribution in [3.8, 4) is 0 Å². The van der Waals surface area contributed by atoms with Crippen molar-refractivity contribution in [2.75, 3.05) is 13.2 Å². The van der Waals surface area contributed by atoms with Crippen LogP contribution in [0.2, 0.25) is 0 Å². The summed E-state index contributed by atoms with van der Waals surface area (Å²) >= 11 is 0. The molecule has 1 saturated heterocycles. The summed E-state index contributed by atoms with van der Waals surface area (Å²) in [6, 6.07) is -4.41. The van der Waals surface area contributed by atoms with E-state index in [4.69, 9.17) is 58.7 Å². The summed E-state index contributed by atoms with van der Waals surface area (Å²) in [5, 5.41) is 60.1. The number of carboxylic acid groups (broad SMARTS) is 5. The van der Waals surface area contributed by atoms with Gasteiger partial charge in [-0.15, -0.1) is 0 Å². The van der Waals surface area contributed by atoms with Crippen LogP contribution in [-0.4, -0.2) is 121 Å². The molecule has 19 heteroatoms. The van der Waals surface area contributed by atoms with Gasteiger partial charge < -0.3 is 69.7 Å². The highest BCUT2D eigenvalue weighted by Crippen LogP contribution is 2.03. The number of rotatable bonds is 11. The first-order valence-corrected chi connectivity index (χ1v) is 12.1. The van der Waals surface area contributed by atoms with E-state index in [0.717, 1.165) is 19.4 Å². The maximum Gasteiger partial charge on any atom is 0.323 e. The minimum atomic E-state index is -1.21. The number of amides is 1. The predicted octanol–water partition coefficient (Wildman–Crippen LogP) is -4.29. The molecule has 0 saturated carbocycles. The molecule has 5 unspecified atom stereocenters. The van der Waals surface area contributed by atoms with Gasteiger partial charge in [0.1, 0.15) is 30.2 Å². The van der Waals surface area contributed by atoms with Crippen molar-refractivity contribution in [2.45, 2.75) is 82.8 Å². The van der Waals surface area contributed by atoms with Gasteiger partial charge in [0, 0.05) is 0 Å². The summed E-state index contributed by atoms with van der Waals surface area (Å²) in [7, 11) is 0. The Morgan fingerprint density at radius 2 is 1.22 bits per heavy atom. The number of carbonyl (C=O) groups is 6. The van der Waals surface area contributed by atoms with Crippen molar-refractivity contribution in [1.82, 2.24) is 5.32 Å². The molecule has 18 N–H and O–H groups in total. The number of primary amides is 1. The third-order valence-corrected chi connectivity index (χ3v) is 4.46. The molecule has 0 aromatic heterocycles. The first-order chi connectivity index (χ1) is 18.6. The van der Waals surface area contributed by atoms with E-state index in [9.17, 15) is 28.8 Å². The number of aliphatic carboxylic acids is 5. The SMILES string of the molecule is CC(C)CC(N)C(=O)O.CC(O)C(N)C(=O)O.NC(=O)CC(N)C(=O)O.NC(CO)C(=O)O.O=C(O)[C@@H]1CCCN1. The van der Waals surface area contributed by atoms with Gasteiger partial charge in [-0.2, -0.15) is 0 Å². The fourth-order valence-corrected chi connectivity index (χ4v) is 2.09. The summed E-state index contributed by atoms with van der Waals surface area (Å²) < 4.78 is 0. The van der Waals surface area contributed by atoms with E-state index < -0.39 is 72.6 Å². The van der Waals surface area contributed by atoms with E-state index >= 15 is 0 Å². The maximum atomic E-state index is 10.1. The number of hydrogen-bond acceptors (Lipinski definition) is 13. The zero-order valence-corrected chi connectivity index (χ0v) is 23.3. The second-order valence-corrected chi connectivity index (χ2v) is 8.91. The quantitative estimate of drug-likeness (QED) is 0.106. The largest absolute Gasteiger partial charge is 0.480 e. The zero-order valence-electron chi connectivity index (χ0n) is 23.3. The van der Waals surface area contributed by atoms with Gasteiger partial charge in [-0.1, -0.05) is 13.8 Å². The summed E-state index contributed by atoms with van der Waals surface area (Å²) in [6.07, 6.45) is 1.05. The molecule has 1 aliphatic rings. The molecule has 1 aliphatic heterocycles. The molecule has 0 bridgehead atoms. The number of nitrogens with one attached hydrogen (secondary N) is 1. The van der Waals surface area contributed by atoms with Gasteiger partial charge in [-0.25, -0.2) is 0 Å². The molecule has 242 valence electrons. The monoisotopic (exact) mass is 602 g/mol. The van der Waals surface area contributed by atoms with Crippen LogP contribution in [-0.2, 0) is 28.8 Å². The minimum absolute atomic E-state index is 0.269. The zero-order chi connectivity index (χ0) is 33.5. The Labute approximate surface area is 236 Å². The Hall–Kier alpha value is -3.46. The molecule has 0 aromatic carbocycles. The van der Waals surface area contributed by atoms with Crippen LogP contribution in [0.5, 0.6) is 0 Å². The van der Waals surface area contributed by atoms with Crippen LogP contribution in [0.4, 0.5) is 0 Å². The number of carbonyl (C=O) groups excluding carboxylic acids is 1. The normalized spacial score (nSPS) is 17.0. The van der Waals surface area contributed by atoms with Gasteiger partial charge in [-0.3, -0.25) is 28.8 Å². The molecule has 0 aromatic rings. The number of hydrogen-bond donors (Lipinski definition) is 13. The minimum Gasteiger partial charge on any atom is -0.480 e. The summed E-state index contributed by atoms with van der Waals surface area (Å²) in [6.45, 7) is 5.58. The second kappa shape index (κ2) is 25.5. The number of aliphatic hydroxyl groups excluding tert-OH is 2. The topological polar surface area (TPSA) is 386 Å². The maximum absolute atomic E-state index is 10.1. The predicted molar refractivity (Wildman–Crippen MR) is 143 cm³/mol. The Morgan fingerprint density at radius 3 is 1.32 bits per heavy atom. The van der Waals surface area contributed by atoms with Gasteiger partial charge in [0.2, 0.25) is 5.91 Å². The standard InChI is InChI=1S/C6H13NO2.C5H9NO2.C4H8N2O3.C4H9NO3.C3H7NO3/c1-4(2)3-5(7)6(8)9;7-5(8)4-2-1-3-6-4;5-2(4(8)9)1-3(6)7;1-2(6)3(5)4(7)8;4-2(1-5)3(6)7/h4-5H,3,7H2,1-2H3,(H,8,9);4,6H,1-3H2,(H,7,8);2H,1,5H2,(H2,6,7)(H,8,9);2-3,6H,5H2,1H3,(H,7,8);2,5H,1,4H2,(H,6,7)/t;4-;;;/m.0.../s1. The molecule has 6 atom stereocenters. The van der Waals surface area contributed by atoms with E-state index in [2.05, 4.69) is 11.1 Å². The smallest absolute Gasteiger partial charge is 0.323 e. The van der Waals surface area contributed by atoms with Gasteiger partial charge in [0.05, 0.1) is 19.1 Å². The van der Waals surface area contributed by atoms with Crippen molar-refractivity contribution in [3.05, 3.63) is 0 Å². The molecule has 19 nitrogen and oxygen atoms in total. The lowest BCUT2D eigenvalue weighted by Crippen LogP contribution is -2.39. The first kappa shape index (κ1) is 44.6. The Balaban J connectivity index is -0.000000209. The lowest BCUT2D eigenvalue weighted by atomic mass is 10.1. The molecule has 1 heterocycles. The highest BCUT2D eigenvalue weighted by molar-refractivity contribution is 5.83. The molecule has 0 radical (unpaired) electrons. The number of nitrogens with two attached hydrogens (primary N) is 5. The molecule has 41 heavy (non-hydrogen) atoms. The Morgan fingerprint density at radius 1 is 0.780 bits per heavy atom. The highest BCUT2D eigenvalue weighted by Gasteiger charge is 2.20. The second-order valence-electron chi connectivity index (χ2n) is 8.91. The van der Waals surface area contributed by atoms with Crippen LogP contribution in [0, 0.1) is 5.92 Å². The molecule has 0 aliphatic carbocycles. The number of aliphatic hydroxyl groups is 2.